The van der Waals surface area contributed by atoms with Crippen LogP contribution in [0.3, 0.4) is 0 Å². The van der Waals surface area contributed by atoms with Crippen LogP contribution in [0.4, 0.5) is 5.82 Å². The number of fused-ring (bicyclic) bond motifs is 1. The smallest absolute Gasteiger partial charge is 0.255 e. The molecule has 0 amide bonds. The number of halogens is 1. The summed E-state index contributed by atoms with van der Waals surface area (Å²) in [6.45, 7) is 0.568. The molecule has 0 saturated carbocycles. The van der Waals surface area contributed by atoms with Gasteiger partial charge in [-0.1, -0.05) is 11.6 Å². The van der Waals surface area contributed by atoms with Crippen LogP contribution in [0.1, 0.15) is 5.82 Å². The van der Waals surface area contributed by atoms with E-state index in [1.165, 1.54) is 6.33 Å². The number of aromatic nitrogens is 6. The molecule has 0 aromatic carbocycles. The van der Waals surface area contributed by atoms with E-state index < -0.39 is 0 Å². The van der Waals surface area contributed by atoms with E-state index in [0.717, 1.165) is 11.6 Å². The fourth-order valence-corrected chi connectivity index (χ4v) is 1.82. The van der Waals surface area contributed by atoms with Gasteiger partial charge in [-0.3, -0.25) is 0 Å². The van der Waals surface area contributed by atoms with Gasteiger partial charge in [0.05, 0.1) is 6.54 Å². The Kier molecular flexibility index (Phi) is 2.60. The maximum atomic E-state index is 5.92. The van der Waals surface area contributed by atoms with Gasteiger partial charge in [-0.15, -0.1) is 0 Å². The van der Waals surface area contributed by atoms with Gasteiger partial charge >= 0.3 is 0 Å². The third-order valence-electron chi connectivity index (χ3n) is 2.57. The Morgan fingerprint density at radius 1 is 1.39 bits per heavy atom. The zero-order valence-electron chi connectivity index (χ0n) is 9.58. The van der Waals surface area contributed by atoms with Crippen LogP contribution in [0.5, 0.6) is 0 Å². The lowest BCUT2D eigenvalue weighted by Gasteiger charge is -2.07. The number of imidazole rings is 1. The molecule has 0 spiro atoms. The average Bonchev–Trinajstić information content (AvgIpc) is 2.94. The standard InChI is InChI=1S/C10H10ClN7/c1-17-3-2-12-9(17)5-13-8-4-7(11)16-10-14-6-15-18(8)10/h2-4,6,13H,5H2,1H3. The van der Waals surface area contributed by atoms with Crippen molar-refractivity contribution in [2.75, 3.05) is 5.32 Å². The Balaban J connectivity index is 1.90. The zero-order chi connectivity index (χ0) is 12.5. The van der Waals surface area contributed by atoms with Crippen LogP contribution in [-0.2, 0) is 13.6 Å². The van der Waals surface area contributed by atoms with E-state index in [1.54, 1.807) is 16.8 Å². The molecule has 92 valence electrons. The number of nitrogens with zero attached hydrogens (tertiary/aromatic N) is 6. The zero-order valence-corrected chi connectivity index (χ0v) is 10.3. The highest BCUT2D eigenvalue weighted by molar-refractivity contribution is 6.29. The number of anilines is 1. The van der Waals surface area contributed by atoms with Gasteiger partial charge in [-0.25, -0.2) is 4.98 Å². The van der Waals surface area contributed by atoms with Crippen LogP contribution in [-0.4, -0.2) is 29.1 Å². The molecule has 0 aliphatic heterocycles. The van der Waals surface area contributed by atoms with Crippen molar-refractivity contribution in [2.45, 2.75) is 6.54 Å². The Bertz CT molecular complexity index is 686. The molecule has 8 heteroatoms. The topological polar surface area (TPSA) is 72.9 Å². The van der Waals surface area contributed by atoms with E-state index in [4.69, 9.17) is 11.6 Å². The first-order valence-electron chi connectivity index (χ1n) is 5.30. The van der Waals surface area contributed by atoms with Crippen molar-refractivity contribution in [3.63, 3.8) is 0 Å². The van der Waals surface area contributed by atoms with E-state index in [9.17, 15) is 0 Å². The molecule has 1 N–H and O–H groups in total. The lowest BCUT2D eigenvalue weighted by atomic mass is 10.5. The molecule has 3 heterocycles. The van der Waals surface area contributed by atoms with Gasteiger partial charge in [-0.05, 0) is 0 Å². The van der Waals surface area contributed by atoms with Crippen LogP contribution in [0.2, 0.25) is 5.15 Å². The predicted molar refractivity (Wildman–Crippen MR) is 66.3 cm³/mol. The lowest BCUT2D eigenvalue weighted by Crippen LogP contribution is -2.09. The van der Waals surface area contributed by atoms with Gasteiger partial charge in [0.15, 0.2) is 0 Å². The number of nitrogens with one attached hydrogen (secondary N) is 1. The van der Waals surface area contributed by atoms with E-state index in [0.29, 0.717) is 17.5 Å². The number of hydrogen-bond acceptors (Lipinski definition) is 5. The molecule has 7 nitrogen and oxygen atoms in total. The van der Waals surface area contributed by atoms with Gasteiger partial charge in [0.1, 0.15) is 23.1 Å². The second-order valence-electron chi connectivity index (χ2n) is 3.74. The average molecular weight is 264 g/mol. The molecule has 0 fully saturated rings. The summed E-state index contributed by atoms with van der Waals surface area (Å²) in [5.41, 5.74) is 0. The maximum absolute atomic E-state index is 5.92. The Morgan fingerprint density at radius 3 is 3.06 bits per heavy atom. The van der Waals surface area contributed by atoms with Crippen LogP contribution in [0.15, 0.2) is 24.8 Å². The quantitative estimate of drug-likeness (QED) is 0.717. The van der Waals surface area contributed by atoms with Gasteiger partial charge in [-0.2, -0.15) is 19.6 Å². The van der Waals surface area contributed by atoms with Gasteiger partial charge in [0, 0.05) is 25.5 Å². The normalized spacial score (nSPS) is 11.0. The third-order valence-corrected chi connectivity index (χ3v) is 2.76. The van der Waals surface area contributed by atoms with Gasteiger partial charge < -0.3 is 9.88 Å². The number of rotatable bonds is 3. The minimum atomic E-state index is 0.373. The molecule has 3 aromatic heterocycles. The molecule has 0 radical (unpaired) electrons. The predicted octanol–water partition coefficient (Wildman–Crippen LogP) is 1.12. The second kappa shape index (κ2) is 4.26. The summed E-state index contributed by atoms with van der Waals surface area (Å²) >= 11 is 5.92. The van der Waals surface area contributed by atoms with Crippen molar-refractivity contribution in [2.24, 2.45) is 7.05 Å². The minimum Gasteiger partial charge on any atom is -0.363 e. The molecule has 3 aromatic rings. The summed E-state index contributed by atoms with van der Waals surface area (Å²) < 4.78 is 3.53. The minimum absolute atomic E-state index is 0.373. The number of hydrogen-bond donors (Lipinski definition) is 1. The highest BCUT2D eigenvalue weighted by Crippen LogP contribution is 2.14. The first kappa shape index (κ1) is 11.0. The van der Waals surface area contributed by atoms with Gasteiger partial charge in [0.25, 0.3) is 5.78 Å². The van der Waals surface area contributed by atoms with Crippen LogP contribution in [0.25, 0.3) is 5.78 Å². The van der Waals surface area contributed by atoms with Crippen LogP contribution >= 0.6 is 11.6 Å². The van der Waals surface area contributed by atoms with E-state index in [-0.39, 0.29) is 0 Å². The molecule has 3 rings (SSSR count). The Hall–Kier alpha value is -2.15. The molecule has 0 saturated heterocycles. The molecule has 0 unspecified atom stereocenters. The van der Waals surface area contributed by atoms with Crippen molar-refractivity contribution in [1.29, 1.82) is 0 Å². The summed E-state index contributed by atoms with van der Waals surface area (Å²) in [5, 5.41) is 7.66. The summed E-state index contributed by atoms with van der Waals surface area (Å²) in [5.74, 6) is 2.10. The third kappa shape index (κ3) is 1.88. The maximum Gasteiger partial charge on any atom is 0.255 e. The molecule has 0 aliphatic carbocycles. The van der Waals surface area contributed by atoms with Crippen molar-refractivity contribution < 1.29 is 0 Å². The van der Waals surface area contributed by atoms with Crippen LogP contribution in [0, 0.1) is 0 Å². The fraction of sp³-hybridized carbons (Fsp3) is 0.200. The summed E-state index contributed by atoms with van der Waals surface area (Å²) in [6.07, 6.45) is 5.08. The first-order chi connectivity index (χ1) is 8.74. The second-order valence-corrected chi connectivity index (χ2v) is 4.13. The van der Waals surface area contributed by atoms with E-state index in [2.05, 4.69) is 25.4 Å². The SMILES string of the molecule is Cn1ccnc1CNc1cc(Cl)nc2ncnn12. The molecule has 0 atom stereocenters. The van der Waals surface area contributed by atoms with Crippen molar-refractivity contribution in [3.8, 4) is 0 Å². The van der Waals surface area contributed by atoms with Crippen molar-refractivity contribution in [3.05, 3.63) is 35.8 Å². The van der Waals surface area contributed by atoms with Crippen LogP contribution < -0.4 is 5.32 Å². The highest BCUT2D eigenvalue weighted by Gasteiger charge is 2.07. The lowest BCUT2D eigenvalue weighted by molar-refractivity contribution is 0.804. The number of aryl methyl sites for hydroxylation is 1. The molecule has 0 bridgehead atoms. The largest absolute Gasteiger partial charge is 0.363 e. The summed E-state index contributed by atoms with van der Waals surface area (Å²) in [7, 11) is 1.94. The molecular weight excluding hydrogens is 254 g/mol. The first-order valence-corrected chi connectivity index (χ1v) is 5.68. The van der Waals surface area contributed by atoms with E-state index in [1.807, 2.05) is 17.8 Å². The Labute approximate surface area is 107 Å². The van der Waals surface area contributed by atoms with Crippen molar-refractivity contribution in [1.82, 2.24) is 29.1 Å². The molecular formula is C10H10ClN7. The van der Waals surface area contributed by atoms with Gasteiger partial charge in [0.2, 0.25) is 0 Å². The molecule has 0 aliphatic rings. The highest BCUT2D eigenvalue weighted by atomic mass is 35.5. The van der Waals surface area contributed by atoms with E-state index >= 15 is 0 Å². The molecule has 18 heavy (non-hydrogen) atoms. The monoisotopic (exact) mass is 263 g/mol. The Morgan fingerprint density at radius 2 is 2.28 bits per heavy atom. The fourth-order valence-electron chi connectivity index (χ4n) is 1.65. The van der Waals surface area contributed by atoms with Crippen molar-refractivity contribution >= 4 is 23.2 Å². The summed E-state index contributed by atoms with van der Waals surface area (Å²) in [6, 6.07) is 1.70. The summed E-state index contributed by atoms with van der Waals surface area (Å²) in [4.78, 5) is 12.3.